The van der Waals surface area contributed by atoms with Crippen LogP contribution in [0, 0.1) is 6.92 Å². The van der Waals surface area contributed by atoms with Gasteiger partial charge in [0.05, 0.1) is 16.8 Å². The molecule has 0 atom stereocenters. The van der Waals surface area contributed by atoms with E-state index in [4.69, 9.17) is 5.73 Å². The number of nitrogens with two attached hydrogens (primary N) is 1. The first-order valence-corrected chi connectivity index (χ1v) is 11.3. The third kappa shape index (κ3) is 4.08. The molecule has 1 aliphatic heterocycles. The zero-order chi connectivity index (χ0) is 23.0. The highest BCUT2D eigenvalue weighted by Crippen LogP contribution is 2.39. The smallest absolute Gasteiger partial charge is 0.348 e. The Labute approximate surface area is 190 Å². The summed E-state index contributed by atoms with van der Waals surface area (Å²) in [6.07, 6.45) is 0.942. The van der Waals surface area contributed by atoms with Crippen LogP contribution in [0.25, 0.3) is 10.2 Å². The summed E-state index contributed by atoms with van der Waals surface area (Å²) in [5.41, 5.74) is 10.1. The highest BCUT2D eigenvalue weighted by molar-refractivity contribution is 7.21. The molecule has 1 amide bonds. The van der Waals surface area contributed by atoms with E-state index in [2.05, 4.69) is 14.8 Å². The lowest BCUT2D eigenvalue weighted by molar-refractivity contribution is 0.0702. The number of amides is 1. The van der Waals surface area contributed by atoms with Crippen molar-refractivity contribution in [1.29, 1.82) is 0 Å². The number of pyridine rings is 1. The summed E-state index contributed by atoms with van der Waals surface area (Å²) in [5.74, 6) is -1.03. The Morgan fingerprint density at radius 3 is 2.41 bits per heavy atom. The molecular weight excluding hydrogens is 426 g/mol. The van der Waals surface area contributed by atoms with Gasteiger partial charge in [-0.15, -0.1) is 11.3 Å². The van der Waals surface area contributed by atoms with E-state index in [1.54, 1.807) is 19.0 Å². The molecule has 1 aromatic carbocycles. The SMILES string of the molecule is Cc1cc(N2CCCN(c3ccc(C(=O)N(C)C)cc3)CC2)c2c(N)c(C(=O)O)sc2n1. The van der Waals surface area contributed by atoms with Gasteiger partial charge in [-0.3, -0.25) is 4.79 Å². The Bertz CT molecular complexity index is 1170. The Kier molecular flexibility index (Phi) is 5.92. The van der Waals surface area contributed by atoms with E-state index in [9.17, 15) is 14.7 Å². The second-order valence-corrected chi connectivity index (χ2v) is 9.19. The number of thiophene rings is 1. The van der Waals surface area contributed by atoms with E-state index in [1.807, 2.05) is 37.3 Å². The van der Waals surface area contributed by atoms with Gasteiger partial charge in [0.2, 0.25) is 0 Å². The van der Waals surface area contributed by atoms with E-state index in [0.29, 0.717) is 16.1 Å². The largest absolute Gasteiger partial charge is 0.477 e. The summed E-state index contributed by atoms with van der Waals surface area (Å²) in [4.78, 5) is 35.2. The number of anilines is 3. The summed E-state index contributed by atoms with van der Waals surface area (Å²) in [6, 6.07) is 9.73. The molecule has 0 spiro atoms. The second kappa shape index (κ2) is 8.66. The van der Waals surface area contributed by atoms with E-state index in [0.717, 1.165) is 66.4 Å². The summed E-state index contributed by atoms with van der Waals surface area (Å²) in [6.45, 7) is 5.22. The Hall–Kier alpha value is -3.33. The molecule has 3 heterocycles. The number of aromatic nitrogens is 1. The van der Waals surface area contributed by atoms with E-state index < -0.39 is 5.97 Å². The minimum absolute atomic E-state index is 0.00949. The number of hydrogen-bond donors (Lipinski definition) is 2. The molecule has 0 unspecified atom stereocenters. The first-order chi connectivity index (χ1) is 15.3. The minimum atomic E-state index is -1.02. The molecule has 1 fully saturated rings. The van der Waals surface area contributed by atoms with Gasteiger partial charge in [0.15, 0.2) is 0 Å². The van der Waals surface area contributed by atoms with Gasteiger partial charge in [-0.25, -0.2) is 9.78 Å². The minimum Gasteiger partial charge on any atom is -0.477 e. The lowest BCUT2D eigenvalue weighted by Gasteiger charge is -2.26. The Morgan fingerprint density at radius 2 is 1.75 bits per heavy atom. The molecule has 0 saturated carbocycles. The molecule has 0 aliphatic carbocycles. The molecule has 3 aromatic rings. The maximum atomic E-state index is 12.1. The maximum Gasteiger partial charge on any atom is 0.348 e. The third-order valence-electron chi connectivity index (χ3n) is 5.72. The van der Waals surface area contributed by atoms with Gasteiger partial charge in [-0.2, -0.15) is 0 Å². The summed E-state index contributed by atoms with van der Waals surface area (Å²) in [7, 11) is 3.49. The quantitative estimate of drug-likeness (QED) is 0.625. The molecular formula is C23H27N5O3S. The highest BCUT2D eigenvalue weighted by Gasteiger charge is 2.24. The van der Waals surface area contributed by atoms with Gasteiger partial charge < -0.3 is 25.5 Å². The van der Waals surface area contributed by atoms with Gasteiger partial charge in [0, 0.05) is 57.2 Å². The molecule has 0 radical (unpaired) electrons. The third-order valence-corrected chi connectivity index (χ3v) is 6.81. The molecule has 168 valence electrons. The van der Waals surface area contributed by atoms with Gasteiger partial charge >= 0.3 is 5.97 Å². The Balaban J connectivity index is 1.58. The monoisotopic (exact) mass is 453 g/mol. The number of carbonyl (C=O) groups is 2. The number of hydrogen-bond acceptors (Lipinski definition) is 7. The molecule has 2 aromatic heterocycles. The summed E-state index contributed by atoms with van der Waals surface area (Å²) < 4.78 is 0. The standard InChI is InChI=1S/C23H27N5O3S/c1-14-13-17(18-19(24)20(23(30)31)32-21(18)25-14)28-10-4-9-27(11-12-28)16-7-5-15(6-8-16)22(29)26(2)3/h5-8,13H,4,9-12,24H2,1-3H3,(H,30,31). The van der Waals surface area contributed by atoms with Gasteiger partial charge in [0.1, 0.15) is 9.71 Å². The van der Waals surface area contributed by atoms with Crippen molar-refractivity contribution in [2.24, 2.45) is 0 Å². The van der Waals surface area contributed by atoms with Crippen LogP contribution in [0.15, 0.2) is 30.3 Å². The van der Waals surface area contributed by atoms with Gasteiger partial charge in [-0.05, 0) is 43.7 Å². The van der Waals surface area contributed by atoms with Crippen molar-refractivity contribution in [2.75, 3.05) is 55.8 Å². The van der Waals surface area contributed by atoms with Gasteiger partial charge in [-0.1, -0.05) is 0 Å². The van der Waals surface area contributed by atoms with Crippen LogP contribution in [0.3, 0.4) is 0 Å². The average Bonchev–Trinajstić information content (AvgIpc) is 2.94. The fourth-order valence-electron chi connectivity index (χ4n) is 4.12. The number of carbonyl (C=O) groups excluding carboxylic acids is 1. The molecule has 4 rings (SSSR count). The number of carboxylic acids is 1. The number of fused-ring (bicyclic) bond motifs is 1. The first kappa shape index (κ1) is 21.9. The van der Waals surface area contributed by atoms with Crippen molar-refractivity contribution in [1.82, 2.24) is 9.88 Å². The number of benzene rings is 1. The molecule has 1 aliphatic rings. The topological polar surface area (TPSA) is 103 Å². The van der Waals surface area contributed by atoms with Crippen molar-refractivity contribution in [3.8, 4) is 0 Å². The van der Waals surface area contributed by atoms with Crippen LogP contribution in [0.2, 0.25) is 0 Å². The van der Waals surface area contributed by atoms with Crippen LogP contribution >= 0.6 is 11.3 Å². The predicted molar refractivity (Wildman–Crippen MR) is 129 cm³/mol. The van der Waals surface area contributed by atoms with Crippen molar-refractivity contribution >= 4 is 50.5 Å². The first-order valence-electron chi connectivity index (χ1n) is 10.5. The normalized spacial score (nSPS) is 14.5. The van der Waals surface area contributed by atoms with E-state index >= 15 is 0 Å². The molecule has 32 heavy (non-hydrogen) atoms. The predicted octanol–water partition coefficient (Wildman–Crippen LogP) is 3.30. The average molecular weight is 454 g/mol. The summed E-state index contributed by atoms with van der Waals surface area (Å²) in [5, 5.41) is 10.2. The van der Waals surface area contributed by atoms with Crippen LogP contribution in [0.5, 0.6) is 0 Å². The molecule has 3 N–H and O–H groups in total. The van der Waals surface area contributed by atoms with Crippen molar-refractivity contribution in [2.45, 2.75) is 13.3 Å². The number of aryl methyl sites for hydroxylation is 1. The number of carboxylic acid groups (broad SMARTS) is 1. The molecule has 8 nitrogen and oxygen atoms in total. The fraction of sp³-hybridized carbons (Fsp3) is 0.348. The maximum absolute atomic E-state index is 12.1. The number of nitrogens with zero attached hydrogens (tertiary/aromatic N) is 4. The molecule has 9 heteroatoms. The van der Waals surface area contributed by atoms with Crippen molar-refractivity contribution < 1.29 is 14.7 Å². The molecule has 1 saturated heterocycles. The number of rotatable bonds is 4. The molecule has 0 bridgehead atoms. The zero-order valence-corrected chi connectivity index (χ0v) is 19.3. The number of aromatic carboxylic acids is 1. The van der Waals surface area contributed by atoms with Gasteiger partial charge in [0.25, 0.3) is 5.91 Å². The fourth-order valence-corrected chi connectivity index (χ4v) is 5.12. The number of nitrogen functional groups attached to an aromatic ring is 1. The van der Waals surface area contributed by atoms with Crippen LogP contribution < -0.4 is 15.5 Å². The van der Waals surface area contributed by atoms with E-state index in [1.165, 1.54) is 0 Å². The lowest BCUT2D eigenvalue weighted by Crippen LogP contribution is -2.31. The zero-order valence-electron chi connectivity index (χ0n) is 18.5. The van der Waals surface area contributed by atoms with Crippen LogP contribution in [-0.2, 0) is 0 Å². The van der Waals surface area contributed by atoms with Crippen molar-refractivity contribution in [3.05, 3.63) is 46.5 Å². The van der Waals surface area contributed by atoms with Crippen LogP contribution in [0.1, 0.15) is 32.1 Å². The lowest BCUT2D eigenvalue weighted by atomic mass is 10.1. The van der Waals surface area contributed by atoms with Crippen LogP contribution in [0.4, 0.5) is 17.1 Å². The van der Waals surface area contributed by atoms with Crippen LogP contribution in [-0.4, -0.2) is 67.1 Å². The van der Waals surface area contributed by atoms with E-state index in [-0.39, 0.29) is 10.8 Å². The Morgan fingerprint density at radius 1 is 1.09 bits per heavy atom. The summed E-state index contributed by atoms with van der Waals surface area (Å²) >= 11 is 1.13. The second-order valence-electron chi connectivity index (χ2n) is 8.19. The van der Waals surface area contributed by atoms with Crippen molar-refractivity contribution in [3.63, 3.8) is 0 Å². The highest BCUT2D eigenvalue weighted by atomic mass is 32.1.